The molecule has 0 saturated carbocycles. The van der Waals surface area contributed by atoms with Crippen LogP contribution in [0, 0.1) is 0 Å². The summed E-state index contributed by atoms with van der Waals surface area (Å²) in [6.45, 7) is 4.41. The second kappa shape index (κ2) is 7.24. The summed E-state index contributed by atoms with van der Waals surface area (Å²) in [4.78, 5) is 15.3. The number of aromatic nitrogens is 1. The van der Waals surface area contributed by atoms with Gasteiger partial charge in [0.2, 0.25) is 0 Å². The molecule has 2 nitrogen and oxygen atoms in total. The average Bonchev–Trinajstić information content (AvgIpc) is 3.11. The third-order valence-electron chi connectivity index (χ3n) is 5.44. The molecule has 0 amide bonds. The molecule has 0 aliphatic rings. The molecule has 0 spiro atoms. The minimum atomic E-state index is 0.484. The zero-order valence-electron chi connectivity index (χ0n) is 15.7. The Bertz CT molecular complexity index is 1070. The van der Waals surface area contributed by atoms with Gasteiger partial charge in [-0.25, -0.2) is 0 Å². The van der Waals surface area contributed by atoms with Crippen molar-refractivity contribution < 1.29 is 4.79 Å². The van der Waals surface area contributed by atoms with Crippen molar-refractivity contribution in [3.63, 3.8) is 0 Å². The number of hydrogen-bond acceptors (Lipinski definition) is 1. The molecule has 4 rings (SSSR count). The van der Waals surface area contributed by atoms with Crippen LogP contribution in [-0.4, -0.2) is 11.3 Å². The lowest BCUT2D eigenvalue weighted by atomic mass is 9.96. The summed E-state index contributed by atoms with van der Waals surface area (Å²) in [6, 6.07) is 25.1. The molecule has 0 fully saturated rings. The average molecular weight is 353 g/mol. The number of carbonyl (C=O) groups excluding carboxylic acids is 1. The quantitative estimate of drug-likeness (QED) is 0.392. The molecule has 27 heavy (non-hydrogen) atoms. The number of H-pyrrole nitrogens is 1. The van der Waals surface area contributed by atoms with Crippen LogP contribution in [0.5, 0.6) is 0 Å². The number of aromatic amines is 1. The van der Waals surface area contributed by atoms with Gasteiger partial charge in [-0.3, -0.25) is 4.79 Å². The van der Waals surface area contributed by atoms with Crippen LogP contribution in [-0.2, 0) is 0 Å². The van der Waals surface area contributed by atoms with Gasteiger partial charge in [0, 0.05) is 16.5 Å². The van der Waals surface area contributed by atoms with E-state index in [1.165, 1.54) is 16.7 Å². The van der Waals surface area contributed by atoms with Gasteiger partial charge in [-0.05, 0) is 46.7 Å². The molecular formula is C25H23NO. The molecule has 0 radical (unpaired) electrons. The predicted octanol–water partition coefficient (Wildman–Crippen LogP) is 6.83. The number of carbonyl (C=O) groups is 1. The van der Waals surface area contributed by atoms with E-state index in [1.807, 2.05) is 18.2 Å². The molecule has 1 unspecified atom stereocenters. The van der Waals surface area contributed by atoms with Crippen molar-refractivity contribution in [3.8, 4) is 22.4 Å². The number of fused-ring (bicyclic) bond motifs is 1. The lowest BCUT2D eigenvalue weighted by molar-refractivity contribution is 0.112. The monoisotopic (exact) mass is 353 g/mol. The van der Waals surface area contributed by atoms with E-state index in [0.29, 0.717) is 5.92 Å². The van der Waals surface area contributed by atoms with Gasteiger partial charge in [-0.1, -0.05) is 74.5 Å². The molecular weight excluding hydrogens is 330 g/mol. The fourth-order valence-electron chi connectivity index (χ4n) is 3.58. The van der Waals surface area contributed by atoms with Gasteiger partial charge < -0.3 is 4.98 Å². The van der Waals surface area contributed by atoms with Gasteiger partial charge in [0.15, 0.2) is 6.29 Å². The fourth-order valence-corrected chi connectivity index (χ4v) is 3.58. The van der Waals surface area contributed by atoms with Gasteiger partial charge in [0.05, 0.1) is 5.69 Å². The Labute approximate surface area is 159 Å². The zero-order valence-corrected chi connectivity index (χ0v) is 15.7. The lowest BCUT2D eigenvalue weighted by Crippen LogP contribution is -1.91. The first-order valence-electron chi connectivity index (χ1n) is 9.48. The highest BCUT2D eigenvalue weighted by molar-refractivity contribution is 6.04. The first-order valence-corrected chi connectivity index (χ1v) is 9.48. The molecule has 1 aromatic heterocycles. The predicted molar refractivity (Wildman–Crippen MR) is 113 cm³/mol. The Balaban J connectivity index is 1.78. The van der Waals surface area contributed by atoms with E-state index < -0.39 is 0 Å². The molecule has 4 aromatic rings. The topological polar surface area (TPSA) is 32.9 Å². The van der Waals surface area contributed by atoms with Crippen LogP contribution >= 0.6 is 0 Å². The van der Waals surface area contributed by atoms with Gasteiger partial charge in [0.1, 0.15) is 0 Å². The lowest BCUT2D eigenvalue weighted by Gasteiger charge is -2.08. The highest BCUT2D eigenvalue weighted by Gasteiger charge is 2.14. The summed E-state index contributed by atoms with van der Waals surface area (Å²) < 4.78 is 0. The number of benzene rings is 3. The highest BCUT2D eigenvalue weighted by atomic mass is 16.1. The van der Waals surface area contributed by atoms with Crippen LogP contribution in [0.15, 0.2) is 72.8 Å². The Hall–Kier alpha value is -3.13. The Kier molecular flexibility index (Phi) is 4.64. The minimum absolute atomic E-state index is 0.484. The molecule has 0 saturated heterocycles. The first kappa shape index (κ1) is 17.3. The maximum absolute atomic E-state index is 11.9. The summed E-state index contributed by atoms with van der Waals surface area (Å²) in [5.74, 6) is 0.484. The Morgan fingerprint density at radius 3 is 2.22 bits per heavy atom. The maximum Gasteiger partial charge on any atom is 0.152 e. The van der Waals surface area contributed by atoms with Crippen LogP contribution < -0.4 is 0 Å². The summed E-state index contributed by atoms with van der Waals surface area (Å²) in [5.41, 5.74) is 7.29. The molecule has 0 aliphatic heterocycles. The fraction of sp³-hybridized carbons (Fsp3) is 0.160. The number of aldehydes is 1. The van der Waals surface area contributed by atoms with Crippen LogP contribution in [0.2, 0.25) is 0 Å². The van der Waals surface area contributed by atoms with Gasteiger partial charge in [-0.15, -0.1) is 0 Å². The molecule has 1 atom stereocenters. The van der Waals surface area contributed by atoms with E-state index in [-0.39, 0.29) is 0 Å². The van der Waals surface area contributed by atoms with E-state index in [2.05, 4.69) is 73.4 Å². The van der Waals surface area contributed by atoms with Crippen LogP contribution in [0.3, 0.4) is 0 Å². The smallest absolute Gasteiger partial charge is 0.152 e. The van der Waals surface area contributed by atoms with Crippen LogP contribution in [0.4, 0.5) is 0 Å². The third-order valence-corrected chi connectivity index (χ3v) is 5.44. The van der Waals surface area contributed by atoms with E-state index in [9.17, 15) is 4.79 Å². The largest absolute Gasteiger partial charge is 0.354 e. The van der Waals surface area contributed by atoms with E-state index in [4.69, 9.17) is 0 Å². The molecule has 1 N–H and O–H groups in total. The van der Waals surface area contributed by atoms with Crippen molar-refractivity contribution in [2.45, 2.75) is 26.2 Å². The zero-order chi connectivity index (χ0) is 18.8. The highest BCUT2D eigenvalue weighted by Crippen LogP contribution is 2.33. The molecule has 1 heterocycles. The van der Waals surface area contributed by atoms with Crippen molar-refractivity contribution in [2.75, 3.05) is 0 Å². The van der Waals surface area contributed by atoms with Crippen LogP contribution in [0.25, 0.3) is 33.3 Å². The number of rotatable bonds is 5. The standard InChI is InChI=1S/C25H23NO/c1-3-17(2)21-13-14-24-22(15-21)23(16-27)25(26-24)20-11-9-19(10-12-20)18-7-5-4-6-8-18/h4-17,26H,3H2,1-2H3. The van der Waals surface area contributed by atoms with Crippen LogP contribution in [0.1, 0.15) is 42.1 Å². The van der Waals surface area contributed by atoms with E-state index >= 15 is 0 Å². The van der Waals surface area contributed by atoms with Crippen molar-refractivity contribution in [1.82, 2.24) is 4.98 Å². The molecule has 134 valence electrons. The van der Waals surface area contributed by atoms with Gasteiger partial charge in [-0.2, -0.15) is 0 Å². The van der Waals surface area contributed by atoms with Crippen molar-refractivity contribution in [2.24, 2.45) is 0 Å². The normalized spacial score (nSPS) is 12.2. The molecule has 0 bridgehead atoms. The van der Waals surface area contributed by atoms with Crippen molar-refractivity contribution in [1.29, 1.82) is 0 Å². The summed E-state index contributed by atoms with van der Waals surface area (Å²) in [7, 11) is 0. The third kappa shape index (κ3) is 3.19. The molecule has 3 aromatic carbocycles. The number of hydrogen-bond donors (Lipinski definition) is 1. The Morgan fingerprint density at radius 1 is 0.889 bits per heavy atom. The first-order chi connectivity index (χ1) is 13.2. The van der Waals surface area contributed by atoms with Gasteiger partial charge >= 0.3 is 0 Å². The molecule has 2 heteroatoms. The SMILES string of the molecule is CCC(C)c1ccc2[nH]c(-c3ccc(-c4ccccc4)cc3)c(C=O)c2c1. The maximum atomic E-state index is 11.9. The second-order valence-corrected chi connectivity index (χ2v) is 7.09. The minimum Gasteiger partial charge on any atom is -0.354 e. The second-order valence-electron chi connectivity index (χ2n) is 7.09. The Morgan fingerprint density at radius 2 is 1.56 bits per heavy atom. The van der Waals surface area contributed by atoms with E-state index in [0.717, 1.165) is 40.4 Å². The summed E-state index contributed by atoms with van der Waals surface area (Å²) >= 11 is 0. The summed E-state index contributed by atoms with van der Waals surface area (Å²) in [6.07, 6.45) is 2.06. The van der Waals surface area contributed by atoms with Gasteiger partial charge in [0.25, 0.3) is 0 Å². The van der Waals surface area contributed by atoms with E-state index in [1.54, 1.807) is 0 Å². The van der Waals surface area contributed by atoms with Crippen molar-refractivity contribution >= 4 is 17.2 Å². The molecule has 0 aliphatic carbocycles. The number of nitrogens with one attached hydrogen (secondary N) is 1. The summed E-state index contributed by atoms with van der Waals surface area (Å²) in [5, 5.41) is 1.00. The van der Waals surface area contributed by atoms with Crippen molar-refractivity contribution in [3.05, 3.63) is 83.9 Å².